The molecule has 2 aliphatic rings. The zero-order chi connectivity index (χ0) is 27.1. The van der Waals surface area contributed by atoms with Gasteiger partial charge in [0.15, 0.2) is 11.0 Å². The molecule has 2 aromatic carbocycles. The van der Waals surface area contributed by atoms with Crippen molar-refractivity contribution in [3.8, 4) is 0 Å². The van der Waals surface area contributed by atoms with E-state index in [-0.39, 0.29) is 6.04 Å². The van der Waals surface area contributed by atoms with Crippen LogP contribution >= 0.6 is 11.3 Å². The highest BCUT2D eigenvalue weighted by Crippen LogP contribution is 2.37. The molecule has 8 heteroatoms. The van der Waals surface area contributed by atoms with E-state index in [4.69, 9.17) is 10.1 Å². The number of aromatic nitrogens is 5. The molecule has 0 amide bonds. The van der Waals surface area contributed by atoms with Gasteiger partial charge in [0.05, 0.1) is 22.3 Å². The Morgan fingerprint density at radius 3 is 2.50 bits per heavy atom. The average Bonchev–Trinajstić information content (AvgIpc) is 3.67. The molecule has 2 fully saturated rings. The number of anilines is 1. The molecule has 1 unspecified atom stereocenters. The molecule has 0 bridgehead atoms. The van der Waals surface area contributed by atoms with Crippen molar-refractivity contribution >= 4 is 32.8 Å². The summed E-state index contributed by atoms with van der Waals surface area (Å²) < 4.78 is 3.45. The fourth-order valence-electron chi connectivity index (χ4n) is 6.33. The summed E-state index contributed by atoms with van der Waals surface area (Å²) in [5.74, 6) is 1.03. The number of unbranched alkanes of at least 4 members (excludes halogenated alkanes) is 2. The van der Waals surface area contributed by atoms with Gasteiger partial charge in [0.25, 0.3) is 0 Å². The Kier molecular flexibility index (Phi) is 8.83. The highest BCUT2D eigenvalue weighted by Gasteiger charge is 2.34. The van der Waals surface area contributed by atoms with Crippen LogP contribution in [0, 0.1) is 0 Å². The van der Waals surface area contributed by atoms with Crippen LogP contribution in [0.4, 0.5) is 5.13 Å². The minimum Gasteiger partial charge on any atom is -0.345 e. The van der Waals surface area contributed by atoms with Crippen molar-refractivity contribution in [2.24, 2.45) is 0 Å². The molecular formula is C32H41N7S. The van der Waals surface area contributed by atoms with Crippen molar-refractivity contribution in [3.63, 3.8) is 0 Å². The van der Waals surface area contributed by atoms with Gasteiger partial charge < -0.3 is 4.90 Å². The quantitative estimate of drug-likeness (QED) is 0.191. The number of fused-ring (bicyclic) bond motifs is 1. The minimum atomic E-state index is 0.0755. The van der Waals surface area contributed by atoms with Crippen LogP contribution in [0.15, 0.2) is 60.2 Å². The molecule has 1 aliphatic heterocycles. The summed E-state index contributed by atoms with van der Waals surface area (Å²) in [6, 6.07) is 19.7. The predicted molar refractivity (Wildman–Crippen MR) is 165 cm³/mol. The fraction of sp³-hybridized carbons (Fsp3) is 0.500. The van der Waals surface area contributed by atoms with E-state index in [1.54, 1.807) is 11.3 Å². The second-order valence-electron chi connectivity index (χ2n) is 11.3. The smallest absolute Gasteiger partial charge is 0.186 e. The third-order valence-electron chi connectivity index (χ3n) is 8.49. The summed E-state index contributed by atoms with van der Waals surface area (Å²) in [6.45, 7) is 6.10. The SMILES string of the molecule is CCCCC/C(=C\c1ccccc1)C(c1nnnn1C1CCCCC1)N1CCN(c2nc3ccccc3s2)CC1. The zero-order valence-corrected chi connectivity index (χ0v) is 24.5. The second kappa shape index (κ2) is 13.0. The van der Waals surface area contributed by atoms with Crippen molar-refractivity contribution < 1.29 is 0 Å². The summed E-state index contributed by atoms with van der Waals surface area (Å²) in [5.41, 5.74) is 3.78. The highest BCUT2D eigenvalue weighted by atomic mass is 32.1. The van der Waals surface area contributed by atoms with Gasteiger partial charge in [-0.3, -0.25) is 4.90 Å². The summed E-state index contributed by atoms with van der Waals surface area (Å²) in [6.07, 6.45) is 13.3. The Hall–Kier alpha value is -3.10. The van der Waals surface area contributed by atoms with Gasteiger partial charge in [-0.25, -0.2) is 9.67 Å². The van der Waals surface area contributed by atoms with E-state index in [0.29, 0.717) is 6.04 Å². The largest absolute Gasteiger partial charge is 0.345 e. The molecule has 3 heterocycles. The standard InChI is InChI=1S/C32H41N7S/c1-2-3-6-15-26(24-25-13-7-4-8-14-25)30(31-34-35-36-39(31)27-16-9-5-10-17-27)37-20-22-38(23-21-37)32-33-28-18-11-12-19-29(28)40-32/h4,7-8,11-14,18-19,24,27,30H,2-3,5-6,9-10,15-17,20-23H2,1H3/b26-24+. The molecule has 1 atom stereocenters. The maximum absolute atomic E-state index is 4.95. The zero-order valence-electron chi connectivity index (χ0n) is 23.7. The van der Waals surface area contributed by atoms with Gasteiger partial charge in [-0.15, -0.1) is 5.10 Å². The van der Waals surface area contributed by atoms with Gasteiger partial charge >= 0.3 is 0 Å². The molecule has 1 aliphatic carbocycles. The van der Waals surface area contributed by atoms with Gasteiger partial charge in [0.1, 0.15) is 0 Å². The molecule has 0 spiro atoms. The summed E-state index contributed by atoms with van der Waals surface area (Å²) in [7, 11) is 0. The van der Waals surface area contributed by atoms with Crippen LogP contribution in [0.25, 0.3) is 16.3 Å². The van der Waals surface area contributed by atoms with Crippen molar-refractivity contribution in [1.82, 2.24) is 30.1 Å². The van der Waals surface area contributed by atoms with Gasteiger partial charge in [0.2, 0.25) is 0 Å². The third kappa shape index (κ3) is 6.13. The van der Waals surface area contributed by atoms with Crippen LogP contribution in [0.2, 0.25) is 0 Å². The number of rotatable bonds is 10. The predicted octanol–water partition coefficient (Wildman–Crippen LogP) is 7.32. The molecule has 4 aromatic rings. The first-order chi connectivity index (χ1) is 19.8. The van der Waals surface area contributed by atoms with Crippen LogP contribution in [-0.4, -0.2) is 56.3 Å². The van der Waals surface area contributed by atoms with Crippen molar-refractivity contribution in [3.05, 3.63) is 71.6 Å². The van der Waals surface area contributed by atoms with E-state index >= 15 is 0 Å². The molecule has 0 N–H and O–H groups in total. The molecule has 7 nitrogen and oxygen atoms in total. The number of hydrogen-bond acceptors (Lipinski definition) is 7. The second-order valence-corrected chi connectivity index (χ2v) is 12.3. The lowest BCUT2D eigenvalue weighted by Crippen LogP contribution is -2.48. The van der Waals surface area contributed by atoms with E-state index in [0.717, 1.165) is 49.1 Å². The van der Waals surface area contributed by atoms with Gasteiger partial charge in [-0.2, -0.15) is 0 Å². The Labute approximate surface area is 241 Å². The molecule has 40 heavy (non-hydrogen) atoms. The van der Waals surface area contributed by atoms with Crippen molar-refractivity contribution in [2.45, 2.75) is 76.8 Å². The number of para-hydroxylation sites is 1. The number of hydrogen-bond donors (Lipinski definition) is 0. The van der Waals surface area contributed by atoms with Crippen LogP contribution in [0.5, 0.6) is 0 Å². The molecule has 1 saturated carbocycles. The van der Waals surface area contributed by atoms with Crippen LogP contribution in [0.3, 0.4) is 0 Å². The monoisotopic (exact) mass is 555 g/mol. The molecule has 6 rings (SSSR count). The van der Waals surface area contributed by atoms with E-state index < -0.39 is 0 Å². The summed E-state index contributed by atoms with van der Waals surface area (Å²) in [4.78, 5) is 10.0. The first kappa shape index (κ1) is 27.1. The minimum absolute atomic E-state index is 0.0755. The molecule has 0 radical (unpaired) electrons. The van der Waals surface area contributed by atoms with Crippen molar-refractivity contribution in [2.75, 3.05) is 31.1 Å². The first-order valence-electron chi connectivity index (χ1n) is 15.2. The Morgan fingerprint density at radius 2 is 1.73 bits per heavy atom. The molecule has 210 valence electrons. The van der Waals surface area contributed by atoms with E-state index in [2.05, 4.69) is 92.5 Å². The topological polar surface area (TPSA) is 63.0 Å². The highest BCUT2D eigenvalue weighted by molar-refractivity contribution is 7.22. The van der Waals surface area contributed by atoms with Gasteiger partial charge in [-0.05, 0) is 59.4 Å². The average molecular weight is 556 g/mol. The van der Waals surface area contributed by atoms with Crippen LogP contribution in [0.1, 0.15) is 88.2 Å². The Morgan fingerprint density at radius 1 is 0.950 bits per heavy atom. The molecule has 1 saturated heterocycles. The normalized spacial score (nSPS) is 18.4. The Bertz CT molecular complexity index is 1350. The molecular weight excluding hydrogens is 514 g/mol. The number of tetrazole rings is 1. The Balaban J connectivity index is 1.32. The van der Waals surface area contributed by atoms with E-state index in [1.165, 1.54) is 67.2 Å². The lowest BCUT2D eigenvalue weighted by Gasteiger charge is -2.40. The van der Waals surface area contributed by atoms with Crippen molar-refractivity contribution in [1.29, 1.82) is 0 Å². The van der Waals surface area contributed by atoms with Gasteiger partial charge in [-0.1, -0.05) is 98.9 Å². The van der Waals surface area contributed by atoms with Crippen LogP contribution in [-0.2, 0) is 0 Å². The fourth-order valence-corrected chi connectivity index (χ4v) is 7.34. The van der Waals surface area contributed by atoms with E-state index in [9.17, 15) is 0 Å². The maximum atomic E-state index is 4.95. The van der Waals surface area contributed by atoms with E-state index in [1.807, 2.05) is 0 Å². The van der Waals surface area contributed by atoms with Gasteiger partial charge in [0, 0.05) is 26.2 Å². The lowest BCUT2D eigenvalue weighted by molar-refractivity contribution is 0.188. The summed E-state index contributed by atoms with van der Waals surface area (Å²) >= 11 is 1.80. The third-order valence-corrected chi connectivity index (χ3v) is 9.58. The summed E-state index contributed by atoms with van der Waals surface area (Å²) in [5, 5.41) is 14.8. The van der Waals surface area contributed by atoms with Crippen LogP contribution < -0.4 is 4.90 Å². The number of benzene rings is 2. The number of thiazole rings is 1. The molecule has 2 aromatic heterocycles. The lowest BCUT2D eigenvalue weighted by atomic mass is 9.93. The first-order valence-corrected chi connectivity index (χ1v) is 16.0. The number of nitrogens with zero attached hydrogens (tertiary/aromatic N) is 7. The maximum Gasteiger partial charge on any atom is 0.186 e. The number of piperazine rings is 1.